The fraction of sp³-hybridized carbons (Fsp3) is 0.556. The Morgan fingerprint density at radius 1 is 1.18 bits per heavy atom. The molecule has 2 rings (SSSR count). The second kappa shape index (κ2) is 8.08. The van der Waals surface area contributed by atoms with Gasteiger partial charge in [-0.25, -0.2) is 0 Å². The van der Waals surface area contributed by atoms with Crippen LogP contribution in [0.3, 0.4) is 0 Å². The number of nitrogens with zero attached hydrogens (tertiary/aromatic N) is 1. The van der Waals surface area contributed by atoms with Gasteiger partial charge in [0.05, 0.1) is 0 Å². The molecule has 120 valence electrons. The Morgan fingerprint density at radius 3 is 2.55 bits per heavy atom. The highest BCUT2D eigenvalue weighted by atomic mass is 16.4. The summed E-state index contributed by atoms with van der Waals surface area (Å²) >= 11 is 0. The van der Waals surface area contributed by atoms with Gasteiger partial charge in [-0.15, -0.1) is 0 Å². The third-order valence-electron chi connectivity index (χ3n) is 4.45. The Balaban J connectivity index is 1.95. The van der Waals surface area contributed by atoms with Gasteiger partial charge >= 0.3 is 5.97 Å². The van der Waals surface area contributed by atoms with E-state index in [1.54, 1.807) is 6.92 Å². The molecule has 1 heterocycles. The van der Waals surface area contributed by atoms with Gasteiger partial charge < -0.3 is 9.90 Å². The first-order valence-corrected chi connectivity index (χ1v) is 8.10. The van der Waals surface area contributed by atoms with Crippen molar-refractivity contribution in [2.75, 3.05) is 0 Å². The summed E-state index contributed by atoms with van der Waals surface area (Å²) in [6.07, 6.45) is 5.16. The lowest BCUT2D eigenvalue weighted by Crippen LogP contribution is -2.40. The van der Waals surface area contributed by atoms with Crippen molar-refractivity contribution in [2.45, 2.75) is 64.1 Å². The zero-order valence-corrected chi connectivity index (χ0v) is 13.2. The largest absolute Gasteiger partial charge is 0.480 e. The van der Waals surface area contributed by atoms with Crippen LogP contribution in [0.2, 0.25) is 0 Å². The minimum Gasteiger partial charge on any atom is -0.480 e. The molecule has 2 atom stereocenters. The average molecular weight is 303 g/mol. The maximum Gasteiger partial charge on any atom is 0.320 e. The average Bonchev–Trinajstić information content (AvgIpc) is 2.87. The Labute approximate surface area is 132 Å². The van der Waals surface area contributed by atoms with Crippen molar-refractivity contribution in [3.05, 3.63) is 35.9 Å². The summed E-state index contributed by atoms with van der Waals surface area (Å²) < 4.78 is 0. The second-order valence-corrected chi connectivity index (χ2v) is 6.19. The molecule has 1 N–H and O–H groups in total. The van der Waals surface area contributed by atoms with Crippen LogP contribution in [0.25, 0.3) is 0 Å². The zero-order chi connectivity index (χ0) is 15.9. The van der Waals surface area contributed by atoms with Gasteiger partial charge in [0.15, 0.2) is 0 Å². The number of hydrogen-bond acceptors (Lipinski definition) is 3. The normalized spacial score (nSPS) is 21.9. The molecule has 0 aromatic heterocycles. The summed E-state index contributed by atoms with van der Waals surface area (Å²) in [6, 6.07) is 9.98. The number of carboxylic acids is 1. The highest BCUT2D eigenvalue weighted by molar-refractivity contribution is 5.75. The van der Waals surface area contributed by atoms with Crippen LogP contribution >= 0.6 is 0 Å². The maximum atomic E-state index is 11.5. The highest BCUT2D eigenvalue weighted by Crippen LogP contribution is 2.29. The Kier molecular flexibility index (Phi) is 6.13. The summed E-state index contributed by atoms with van der Waals surface area (Å²) in [5, 5.41) is 9.44. The minimum atomic E-state index is -0.720. The number of ketones is 1. The first-order chi connectivity index (χ1) is 10.6. The summed E-state index contributed by atoms with van der Waals surface area (Å²) in [5.41, 5.74) is 1.16. The van der Waals surface area contributed by atoms with E-state index >= 15 is 0 Å². The van der Waals surface area contributed by atoms with Crippen LogP contribution < -0.4 is 0 Å². The predicted octanol–water partition coefficient (Wildman–Crippen LogP) is 3.25. The van der Waals surface area contributed by atoms with E-state index in [0.29, 0.717) is 19.0 Å². The number of likely N-dealkylation sites (tertiary alicyclic amines) is 1. The second-order valence-electron chi connectivity index (χ2n) is 6.19. The molecule has 22 heavy (non-hydrogen) atoms. The Hall–Kier alpha value is -1.68. The number of hydrogen-bond donors (Lipinski definition) is 1. The maximum absolute atomic E-state index is 11.5. The number of unbranched alkanes of at least 4 members (excludes halogenated alkanes) is 1. The molecular weight excluding hydrogens is 278 g/mol. The van der Waals surface area contributed by atoms with Crippen LogP contribution in [0.1, 0.15) is 51.0 Å². The zero-order valence-electron chi connectivity index (χ0n) is 13.2. The molecule has 1 aliphatic heterocycles. The van der Waals surface area contributed by atoms with E-state index in [1.165, 1.54) is 0 Å². The smallest absolute Gasteiger partial charge is 0.320 e. The number of aliphatic carboxylic acids is 1. The van der Waals surface area contributed by atoms with Gasteiger partial charge in [0.1, 0.15) is 11.8 Å². The van der Waals surface area contributed by atoms with Crippen LogP contribution in [-0.2, 0) is 16.1 Å². The predicted molar refractivity (Wildman–Crippen MR) is 85.6 cm³/mol. The molecule has 4 nitrogen and oxygen atoms in total. The van der Waals surface area contributed by atoms with Crippen molar-refractivity contribution in [2.24, 2.45) is 0 Å². The van der Waals surface area contributed by atoms with Crippen molar-refractivity contribution in [3.8, 4) is 0 Å². The molecule has 1 aromatic rings. The van der Waals surface area contributed by atoms with E-state index in [1.807, 2.05) is 30.3 Å². The first-order valence-electron chi connectivity index (χ1n) is 8.10. The summed E-state index contributed by atoms with van der Waals surface area (Å²) in [4.78, 5) is 24.6. The van der Waals surface area contributed by atoms with E-state index in [2.05, 4.69) is 4.90 Å². The molecular formula is C18H25NO3. The SMILES string of the molecule is CC(=O)CCCC[C@H]1CC[C@@H](C(=O)O)N1Cc1ccccc1. The lowest BCUT2D eigenvalue weighted by Gasteiger charge is -2.28. The molecule has 1 aliphatic rings. The topological polar surface area (TPSA) is 57.6 Å². The number of carbonyl (C=O) groups excluding carboxylic acids is 1. The molecule has 4 heteroatoms. The van der Waals surface area contributed by atoms with E-state index in [0.717, 1.165) is 37.7 Å². The van der Waals surface area contributed by atoms with Crippen LogP contribution in [0.15, 0.2) is 30.3 Å². The summed E-state index contributed by atoms with van der Waals surface area (Å²) in [6.45, 7) is 2.31. The molecule has 0 amide bonds. The van der Waals surface area contributed by atoms with Gasteiger partial charge in [0.2, 0.25) is 0 Å². The van der Waals surface area contributed by atoms with Gasteiger partial charge in [-0.3, -0.25) is 9.69 Å². The molecule has 1 fully saturated rings. The number of benzene rings is 1. The summed E-state index contributed by atoms with van der Waals surface area (Å²) in [5.74, 6) is -0.488. The minimum absolute atomic E-state index is 0.232. The highest BCUT2D eigenvalue weighted by Gasteiger charge is 2.37. The molecule has 1 aromatic carbocycles. The van der Waals surface area contributed by atoms with Gasteiger partial charge in [-0.1, -0.05) is 36.8 Å². The Bertz CT molecular complexity index is 500. The van der Waals surface area contributed by atoms with Gasteiger partial charge in [0, 0.05) is 19.0 Å². The van der Waals surface area contributed by atoms with E-state index in [-0.39, 0.29) is 11.8 Å². The fourth-order valence-corrected chi connectivity index (χ4v) is 3.30. The van der Waals surface area contributed by atoms with Crippen molar-refractivity contribution in [3.63, 3.8) is 0 Å². The van der Waals surface area contributed by atoms with Crippen LogP contribution in [0, 0.1) is 0 Å². The van der Waals surface area contributed by atoms with Crippen LogP contribution in [0.4, 0.5) is 0 Å². The van der Waals surface area contributed by atoms with Crippen LogP contribution in [-0.4, -0.2) is 33.8 Å². The molecule has 0 bridgehead atoms. The van der Waals surface area contributed by atoms with Crippen molar-refractivity contribution >= 4 is 11.8 Å². The standard InChI is InChI=1S/C18H25NO3/c1-14(20)7-5-6-10-16-11-12-17(18(21)22)19(16)13-15-8-3-2-4-9-15/h2-4,8-9,16-17H,5-7,10-13H2,1H3,(H,21,22)/t16-,17-/m0/s1. The van der Waals surface area contributed by atoms with E-state index in [9.17, 15) is 14.7 Å². The lowest BCUT2D eigenvalue weighted by molar-refractivity contribution is -0.142. The molecule has 0 unspecified atom stereocenters. The fourth-order valence-electron chi connectivity index (χ4n) is 3.30. The number of carbonyl (C=O) groups is 2. The molecule has 0 spiro atoms. The molecule has 0 saturated carbocycles. The van der Waals surface area contributed by atoms with Crippen LogP contribution in [0.5, 0.6) is 0 Å². The molecule has 0 radical (unpaired) electrons. The number of rotatable bonds is 8. The van der Waals surface area contributed by atoms with Crippen molar-refractivity contribution in [1.29, 1.82) is 0 Å². The van der Waals surface area contributed by atoms with Crippen molar-refractivity contribution < 1.29 is 14.7 Å². The molecule has 1 saturated heterocycles. The third-order valence-corrected chi connectivity index (χ3v) is 4.45. The molecule has 0 aliphatic carbocycles. The van der Waals surface area contributed by atoms with Crippen molar-refractivity contribution in [1.82, 2.24) is 4.90 Å². The first kappa shape index (κ1) is 16.7. The van der Waals surface area contributed by atoms with Gasteiger partial charge in [-0.2, -0.15) is 0 Å². The quantitative estimate of drug-likeness (QED) is 0.749. The van der Waals surface area contributed by atoms with E-state index in [4.69, 9.17) is 0 Å². The number of Topliss-reactive ketones (excluding diaryl/α,β-unsaturated/α-hetero) is 1. The third kappa shape index (κ3) is 4.67. The monoisotopic (exact) mass is 303 g/mol. The lowest BCUT2D eigenvalue weighted by atomic mass is 10.0. The van der Waals surface area contributed by atoms with E-state index < -0.39 is 5.97 Å². The summed E-state index contributed by atoms with van der Waals surface area (Å²) in [7, 11) is 0. The Morgan fingerprint density at radius 2 is 1.91 bits per heavy atom. The van der Waals surface area contributed by atoms with Gasteiger partial charge in [0.25, 0.3) is 0 Å². The number of carboxylic acid groups (broad SMARTS) is 1. The van der Waals surface area contributed by atoms with Gasteiger partial charge in [-0.05, 0) is 38.2 Å².